The highest BCUT2D eigenvalue weighted by Gasteiger charge is 2.47. The molecule has 0 aromatic rings. The molecule has 2 rings (SSSR count). The molecular formula is C13H18F3N3O3. The van der Waals surface area contributed by atoms with Crippen molar-refractivity contribution >= 4 is 17.7 Å². The molecule has 0 saturated carbocycles. The van der Waals surface area contributed by atoms with Gasteiger partial charge in [-0.3, -0.25) is 19.7 Å². The minimum atomic E-state index is -5.01. The molecule has 2 saturated heterocycles. The Morgan fingerprint density at radius 3 is 2.27 bits per heavy atom. The third-order valence-corrected chi connectivity index (χ3v) is 4.02. The molecule has 3 amide bonds. The standard InChI is InChI=1S/C13H18F3N3O3/c14-13(15,16)12(22)19-7-1-2-9(19)11(21)18-10(20)8-3-5-17-6-4-8/h8-9,17H,1-7H2,(H,18,20,21). The lowest BCUT2D eigenvalue weighted by Crippen LogP contribution is -2.52. The van der Waals surface area contributed by atoms with Crippen LogP contribution in [0.25, 0.3) is 0 Å². The number of carbonyl (C=O) groups is 3. The lowest BCUT2D eigenvalue weighted by molar-refractivity contribution is -0.186. The highest BCUT2D eigenvalue weighted by molar-refractivity contribution is 6.00. The summed E-state index contributed by atoms with van der Waals surface area (Å²) < 4.78 is 37.5. The number of alkyl halides is 3. The molecule has 0 aromatic heterocycles. The predicted octanol–water partition coefficient (Wildman–Crippen LogP) is 0.182. The maximum Gasteiger partial charge on any atom is 0.471 e. The van der Waals surface area contributed by atoms with Crippen LogP contribution in [0.4, 0.5) is 13.2 Å². The highest BCUT2D eigenvalue weighted by Crippen LogP contribution is 2.25. The van der Waals surface area contributed by atoms with Gasteiger partial charge in [0.1, 0.15) is 6.04 Å². The van der Waals surface area contributed by atoms with Crippen LogP contribution < -0.4 is 10.6 Å². The molecular weight excluding hydrogens is 303 g/mol. The van der Waals surface area contributed by atoms with Gasteiger partial charge in [-0.15, -0.1) is 0 Å². The van der Waals surface area contributed by atoms with Gasteiger partial charge in [0.05, 0.1) is 0 Å². The second-order valence-corrected chi connectivity index (χ2v) is 5.53. The first-order valence-corrected chi connectivity index (χ1v) is 7.24. The minimum Gasteiger partial charge on any atom is -0.323 e. The molecule has 1 atom stereocenters. The molecule has 0 aromatic carbocycles. The zero-order valence-corrected chi connectivity index (χ0v) is 11.9. The third kappa shape index (κ3) is 3.76. The summed E-state index contributed by atoms with van der Waals surface area (Å²) in [7, 11) is 0. The molecule has 124 valence electrons. The van der Waals surface area contributed by atoms with E-state index in [0.717, 1.165) is 0 Å². The van der Waals surface area contributed by atoms with Gasteiger partial charge in [-0.1, -0.05) is 0 Å². The van der Waals surface area contributed by atoms with Gasteiger partial charge < -0.3 is 10.2 Å². The van der Waals surface area contributed by atoms with E-state index in [1.807, 2.05) is 0 Å². The van der Waals surface area contributed by atoms with Crippen molar-refractivity contribution in [1.82, 2.24) is 15.5 Å². The Kier molecular flexibility index (Phi) is 5.05. The number of imide groups is 1. The monoisotopic (exact) mass is 321 g/mol. The summed E-state index contributed by atoms with van der Waals surface area (Å²) in [5.74, 6) is -3.64. The first kappa shape index (κ1) is 16.7. The van der Waals surface area contributed by atoms with Crippen molar-refractivity contribution in [2.45, 2.75) is 37.9 Å². The summed E-state index contributed by atoms with van der Waals surface area (Å²) in [5.41, 5.74) is 0. The van der Waals surface area contributed by atoms with Crippen LogP contribution in [0.2, 0.25) is 0 Å². The number of nitrogens with one attached hydrogen (secondary N) is 2. The summed E-state index contributed by atoms with van der Waals surface area (Å²) in [6.07, 6.45) is -3.42. The van der Waals surface area contributed by atoms with Gasteiger partial charge in [0.2, 0.25) is 11.8 Å². The fourth-order valence-electron chi connectivity index (χ4n) is 2.84. The van der Waals surface area contributed by atoms with Gasteiger partial charge in [0, 0.05) is 12.5 Å². The Hall–Kier alpha value is -1.64. The quantitative estimate of drug-likeness (QED) is 0.711. The van der Waals surface area contributed by atoms with Crippen LogP contribution in [0.15, 0.2) is 0 Å². The van der Waals surface area contributed by atoms with E-state index < -0.39 is 29.9 Å². The second kappa shape index (κ2) is 6.64. The summed E-state index contributed by atoms with van der Waals surface area (Å²) in [6, 6.07) is -1.22. The number of nitrogens with zero attached hydrogens (tertiary/aromatic N) is 1. The maximum atomic E-state index is 12.5. The minimum absolute atomic E-state index is 0.127. The smallest absolute Gasteiger partial charge is 0.323 e. The number of hydrogen-bond donors (Lipinski definition) is 2. The Bertz CT molecular complexity index is 461. The van der Waals surface area contributed by atoms with E-state index in [4.69, 9.17) is 0 Å². The molecule has 0 radical (unpaired) electrons. The van der Waals surface area contributed by atoms with Gasteiger partial charge in [0.25, 0.3) is 0 Å². The molecule has 2 heterocycles. The Balaban J connectivity index is 1.96. The average molecular weight is 321 g/mol. The molecule has 22 heavy (non-hydrogen) atoms. The normalized spacial score (nSPS) is 23.4. The van der Waals surface area contributed by atoms with Crippen molar-refractivity contribution in [2.75, 3.05) is 19.6 Å². The number of hydrogen-bond acceptors (Lipinski definition) is 4. The van der Waals surface area contributed by atoms with E-state index in [1.165, 1.54) is 0 Å². The van der Waals surface area contributed by atoms with Gasteiger partial charge >= 0.3 is 12.1 Å². The first-order chi connectivity index (χ1) is 10.3. The summed E-state index contributed by atoms with van der Waals surface area (Å²) in [4.78, 5) is 35.8. The van der Waals surface area contributed by atoms with Crippen molar-refractivity contribution in [3.05, 3.63) is 0 Å². The third-order valence-electron chi connectivity index (χ3n) is 4.02. The average Bonchev–Trinajstić information content (AvgIpc) is 2.95. The van der Waals surface area contributed by atoms with Crippen molar-refractivity contribution in [1.29, 1.82) is 0 Å². The van der Waals surface area contributed by atoms with E-state index >= 15 is 0 Å². The predicted molar refractivity (Wildman–Crippen MR) is 69.5 cm³/mol. The number of likely N-dealkylation sites (tertiary alicyclic amines) is 1. The van der Waals surface area contributed by atoms with Crippen LogP contribution in [0.1, 0.15) is 25.7 Å². The van der Waals surface area contributed by atoms with Gasteiger partial charge in [-0.25, -0.2) is 0 Å². The van der Waals surface area contributed by atoms with Gasteiger partial charge in [0.15, 0.2) is 0 Å². The largest absolute Gasteiger partial charge is 0.471 e. The molecule has 6 nitrogen and oxygen atoms in total. The molecule has 2 aliphatic rings. The van der Waals surface area contributed by atoms with E-state index in [-0.39, 0.29) is 18.9 Å². The molecule has 0 bridgehead atoms. The number of piperidine rings is 1. The van der Waals surface area contributed by atoms with Crippen LogP contribution in [0.5, 0.6) is 0 Å². The molecule has 9 heteroatoms. The molecule has 0 spiro atoms. The number of amides is 3. The summed E-state index contributed by atoms with van der Waals surface area (Å²) >= 11 is 0. The van der Waals surface area contributed by atoms with Crippen molar-refractivity contribution in [3.63, 3.8) is 0 Å². The van der Waals surface area contributed by atoms with Crippen LogP contribution in [0.3, 0.4) is 0 Å². The fraction of sp³-hybridized carbons (Fsp3) is 0.769. The summed E-state index contributed by atoms with van der Waals surface area (Å²) in [6.45, 7) is 1.20. The van der Waals surface area contributed by atoms with Crippen molar-refractivity contribution < 1.29 is 27.6 Å². The van der Waals surface area contributed by atoms with Crippen LogP contribution in [-0.4, -0.2) is 54.5 Å². The van der Waals surface area contributed by atoms with E-state index in [0.29, 0.717) is 37.3 Å². The fourth-order valence-corrected chi connectivity index (χ4v) is 2.84. The molecule has 0 aliphatic carbocycles. The van der Waals surface area contributed by atoms with Crippen LogP contribution >= 0.6 is 0 Å². The number of rotatable bonds is 2. The maximum absolute atomic E-state index is 12.5. The van der Waals surface area contributed by atoms with Gasteiger partial charge in [-0.2, -0.15) is 13.2 Å². The summed E-state index contributed by atoms with van der Waals surface area (Å²) in [5, 5.41) is 5.23. The zero-order valence-electron chi connectivity index (χ0n) is 11.9. The molecule has 2 N–H and O–H groups in total. The Morgan fingerprint density at radius 1 is 1.05 bits per heavy atom. The first-order valence-electron chi connectivity index (χ1n) is 7.24. The van der Waals surface area contributed by atoms with E-state index in [1.54, 1.807) is 0 Å². The number of halogens is 3. The van der Waals surface area contributed by atoms with E-state index in [2.05, 4.69) is 10.6 Å². The van der Waals surface area contributed by atoms with Gasteiger partial charge in [-0.05, 0) is 38.8 Å². The SMILES string of the molecule is O=C(NC(=O)C1CCCN1C(=O)C(F)(F)F)C1CCNCC1. The lowest BCUT2D eigenvalue weighted by atomic mass is 9.97. The van der Waals surface area contributed by atoms with Crippen LogP contribution in [0, 0.1) is 5.92 Å². The Morgan fingerprint density at radius 2 is 1.68 bits per heavy atom. The highest BCUT2D eigenvalue weighted by atomic mass is 19.4. The molecule has 1 unspecified atom stereocenters. The number of carbonyl (C=O) groups excluding carboxylic acids is 3. The molecule has 2 aliphatic heterocycles. The van der Waals surface area contributed by atoms with Crippen LogP contribution in [-0.2, 0) is 14.4 Å². The zero-order chi connectivity index (χ0) is 16.3. The van der Waals surface area contributed by atoms with Crippen molar-refractivity contribution in [2.24, 2.45) is 5.92 Å². The Labute approximate surface area is 125 Å². The molecule has 2 fully saturated rings. The topological polar surface area (TPSA) is 78.5 Å². The van der Waals surface area contributed by atoms with E-state index in [9.17, 15) is 27.6 Å². The lowest BCUT2D eigenvalue weighted by Gasteiger charge is -2.26. The van der Waals surface area contributed by atoms with Crippen molar-refractivity contribution in [3.8, 4) is 0 Å². The second-order valence-electron chi connectivity index (χ2n) is 5.53.